The van der Waals surface area contributed by atoms with Crippen LogP contribution in [0.25, 0.3) is 16.9 Å². The molecule has 7 nitrogen and oxygen atoms in total. The van der Waals surface area contributed by atoms with Gasteiger partial charge in [-0.3, -0.25) is 0 Å². The third-order valence-corrected chi connectivity index (χ3v) is 2.79. The Labute approximate surface area is 115 Å². The van der Waals surface area contributed by atoms with Crippen LogP contribution in [0.5, 0.6) is 6.01 Å². The summed E-state index contributed by atoms with van der Waals surface area (Å²) < 4.78 is 7.01. The molecule has 102 valence electrons. The topological polar surface area (TPSA) is 91.7 Å². The summed E-state index contributed by atoms with van der Waals surface area (Å²) in [5.74, 6) is 0. The number of benzene rings is 1. The number of nitrogens with zero attached hydrogens (tertiary/aromatic N) is 5. The Hall–Kier alpha value is -2.54. The molecule has 1 aromatic carbocycles. The van der Waals surface area contributed by atoms with E-state index in [2.05, 4.69) is 20.3 Å². The van der Waals surface area contributed by atoms with Crippen molar-refractivity contribution in [1.29, 1.82) is 0 Å². The van der Waals surface area contributed by atoms with Gasteiger partial charge in [0, 0.05) is 6.54 Å². The Bertz CT molecular complexity index is 724. The maximum Gasteiger partial charge on any atom is 0.336 e. The minimum atomic E-state index is 0.221. The van der Waals surface area contributed by atoms with E-state index >= 15 is 0 Å². The van der Waals surface area contributed by atoms with Crippen molar-refractivity contribution < 1.29 is 4.74 Å². The average molecular weight is 270 g/mol. The fraction of sp³-hybridized carbons (Fsp3) is 0.231. The number of aryl methyl sites for hydroxylation is 1. The number of ether oxygens (including phenoxy) is 1. The smallest absolute Gasteiger partial charge is 0.336 e. The van der Waals surface area contributed by atoms with E-state index in [0.29, 0.717) is 24.3 Å². The van der Waals surface area contributed by atoms with Crippen molar-refractivity contribution in [3.8, 4) is 11.7 Å². The van der Waals surface area contributed by atoms with Gasteiger partial charge in [-0.1, -0.05) is 23.3 Å². The number of para-hydroxylation sites is 1. The van der Waals surface area contributed by atoms with Crippen molar-refractivity contribution in [2.24, 2.45) is 5.73 Å². The fourth-order valence-corrected chi connectivity index (χ4v) is 1.90. The normalized spacial score (nSPS) is 10.9. The quantitative estimate of drug-likeness (QED) is 0.756. The Morgan fingerprint density at radius 1 is 1.20 bits per heavy atom. The Morgan fingerprint density at radius 3 is 2.75 bits per heavy atom. The van der Waals surface area contributed by atoms with Gasteiger partial charge < -0.3 is 10.5 Å². The first-order chi connectivity index (χ1) is 9.79. The van der Waals surface area contributed by atoms with Gasteiger partial charge in [0.05, 0.1) is 11.4 Å². The second-order valence-electron chi connectivity index (χ2n) is 4.24. The standard InChI is InChI=1S/C13H14N6O/c1-9-11-12(16-17-13(15-11)20-8-7-14)19(18-9)10-5-3-2-4-6-10/h2-6H,7-8,14H2,1H3. The van der Waals surface area contributed by atoms with Crippen LogP contribution in [0.15, 0.2) is 30.3 Å². The van der Waals surface area contributed by atoms with E-state index in [1.165, 1.54) is 0 Å². The van der Waals surface area contributed by atoms with Crippen molar-refractivity contribution in [3.05, 3.63) is 36.0 Å². The Morgan fingerprint density at radius 2 is 2.00 bits per heavy atom. The van der Waals surface area contributed by atoms with Gasteiger partial charge in [0.1, 0.15) is 12.1 Å². The van der Waals surface area contributed by atoms with Crippen molar-refractivity contribution in [1.82, 2.24) is 25.0 Å². The van der Waals surface area contributed by atoms with Gasteiger partial charge in [-0.15, -0.1) is 5.10 Å². The van der Waals surface area contributed by atoms with E-state index in [9.17, 15) is 0 Å². The van der Waals surface area contributed by atoms with Gasteiger partial charge >= 0.3 is 6.01 Å². The van der Waals surface area contributed by atoms with Gasteiger partial charge in [0.2, 0.25) is 5.65 Å². The highest BCUT2D eigenvalue weighted by molar-refractivity contribution is 5.74. The molecule has 2 N–H and O–H groups in total. The monoisotopic (exact) mass is 270 g/mol. The largest absolute Gasteiger partial charge is 0.461 e. The minimum absolute atomic E-state index is 0.221. The van der Waals surface area contributed by atoms with Crippen LogP contribution in [0.1, 0.15) is 5.69 Å². The van der Waals surface area contributed by atoms with Gasteiger partial charge in [0.15, 0.2) is 0 Å². The summed E-state index contributed by atoms with van der Waals surface area (Å²) in [6.45, 7) is 2.64. The third-order valence-electron chi connectivity index (χ3n) is 2.79. The number of nitrogens with two attached hydrogens (primary N) is 1. The highest BCUT2D eigenvalue weighted by Gasteiger charge is 2.13. The molecule has 0 aliphatic carbocycles. The van der Waals surface area contributed by atoms with Crippen LogP contribution in [0.3, 0.4) is 0 Å². The highest BCUT2D eigenvalue weighted by Crippen LogP contribution is 2.18. The molecule has 0 amide bonds. The summed E-state index contributed by atoms with van der Waals surface area (Å²) in [5.41, 5.74) is 8.35. The minimum Gasteiger partial charge on any atom is -0.461 e. The van der Waals surface area contributed by atoms with Crippen LogP contribution in [0.2, 0.25) is 0 Å². The van der Waals surface area contributed by atoms with E-state index in [-0.39, 0.29) is 6.01 Å². The molecule has 3 rings (SSSR count). The van der Waals surface area contributed by atoms with Crippen molar-refractivity contribution in [2.45, 2.75) is 6.92 Å². The molecule has 0 unspecified atom stereocenters. The molecule has 0 bridgehead atoms. The van der Waals surface area contributed by atoms with E-state index in [1.807, 2.05) is 37.3 Å². The number of hydrogen-bond donors (Lipinski definition) is 1. The highest BCUT2D eigenvalue weighted by atomic mass is 16.5. The molecule has 0 radical (unpaired) electrons. The summed E-state index contributed by atoms with van der Waals surface area (Å²) in [7, 11) is 0. The summed E-state index contributed by atoms with van der Waals surface area (Å²) in [5, 5.41) is 12.6. The number of aromatic nitrogens is 5. The molecule has 2 heterocycles. The summed E-state index contributed by atoms with van der Waals surface area (Å²) in [4.78, 5) is 4.32. The third kappa shape index (κ3) is 2.19. The van der Waals surface area contributed by atoms with Crippen LogP contribution in [-0.2, 0) is 0 Å². The van der Waals surface area contributed by atoms with Crippen LogP contribution in [0.4, 0.5) is 0 Å². The molecule has 0 saturated carbocycles. The molecule has 7 heteroatoms. The Balaban J connectivity index is 2.08. The van der Waals surface area contributed by atoms with Crippen LogP contribution >= 0.6 is 0 Å². The summed E-state index contributed by atoms with van der Waals surface area (Å²) in [6, 6.07) is 9.96. The van der Waals surface area contributed by atoms with Gasteiger partial charge in [-0.05, 0) is 19.1 Å². The lowest BCUT2D eigenvalue weighted by molar-refractivity contribution is 0.299. The molecule has 0 atom stereocenters. The number of fused-ring (bicyclic) bond motifs is 1. The lowest BCUT2D eigenvalue weighted by Crippen LogP contribution is -2.12. The second kappa shape index (κ2) is 5.22. The van der Waals surface area contributed by atoms with E-state index in [4.69, 9.17) is 10.5 Å². The first kappa shape index (κ1) is 12.5. The SMILES string of the molecule is Cc1nn(-c2ccccc2)c2nnc(OCCN)nc12. The Kier molecular flexibility index (Phi) is 3.26. The van der Waals surface area contributed by atoms with Crippen molar-refractivity contribution >= 4 is 11.2 Å². The average Bonchev–Trinajstić information content (AvgIpc) is 2.83. The molecule has 0 saturated heterocycles. The first-order valence-electron chi connectivity index (χ1n) is 6.28. The molecule has 0 aliphatic rings. The van der Waals surface area contributed by atoms with E-state index in [0.717, 1.165) is 11.4 Å². The van der Waals surface area contributed by atoms with Crippen LogP contribution in [0, 0.1) is 6.92 Å². The second-order valence-corrected chi connectivity index (χ2v) is 4.24. The molecule has 0 fully saturated rings. The van der Waals surface area contributed by atoms with Gasteiger partial charge in [-0.2, -0.15) is 10.1 Å². The predicted octanol–water partition coefficient (Wildman–Crippen LogP) is 0.856. The molecule has 2 aromatic heterocycles. The first-order valence-corrected chi connectivity index (χ1v) is 6.28. The lowest BCUT2D eigenvalue weighted by Gasteiger charge is -2.02. The zero-order valence-electron chi connectivity index (χ0n) is 11.0. The van der Waals surface area contributed by atoms with Crippen LogP contribution in [-0.4, -0.2) is 38.1 Å². The van der Waals surface area contributed by atoms with Gasteiger partial charge in [-0.25, -0.2) is 4.68 Å². The zero-order chi connectivity index (χ0) is 13.9. The molecular formula is C13H14N6O. The number of hydrogen-bond acceptors (Lipinski definition) is 6. The maximum atomic E-state index is 5.38. The van der Waals surface area contributed by atoms with Crippen molar-refractivity contribution in [2.75, 3.05) is 13.2 Å². The van der Waals surface area contributed by atoms with Crippen molar-refractivity contribution in [3.63, 3.8) is 0 Å². The maximum absolute atomic E-state index is 5.38. The molecule has 0 spiro atoms. The molecule has 0 aliphatic heterocycles. The molecule has 20 heavy (non-hydrogen) atoms. The van der Waals surface area contributed by atoms with Gasteiger partial charge in [0.25, 0.3) is 0 Å². The number of rotatable bonds is 4. The molecular weight excluding hydrogens is 256 g/mol. The zero-order valence-corrected chi connectivity index (χ0v) is 11.0. The van der Waals surface area contributed by atoms with E-state index in [1.54, 1.807) is 4.68 Å². The predicted molar refractivity (Wildman–Crippen MR) is 73.7 cm³/mol. The molecule has 3 aromatic rings. The van der Waals surface area contributed by atoms with Crippen LogP contribution < -0.4 is 10.5 Å². The summed E-state index contributed by atoms with van der Waals surface area (Å²) in [6.07, 6.45) is 0. The fourth-order valence-electron chi connectivity index (χ4n) is 1.90. The van der Waals surface area contributed by atoms with E-state index < -0.39 is 0 Å². The lowest BCUT2D eigenvalue weighted by atomic mass is 10.3. The summed E-state index contributed by atoms with van der Waals surface area (Å²) >= 11 is 0.